The van der Waals surface area contributed by atoms with Gasteiger partial charge in [0.25, 0.3) is 5.91 Å². The van der Waals surface area contributed by atoms with Gasteiger partial charge in [0.05, 0.1) is 22.6 Å². The normalized spacial score (nSPS) is 10.7. The molecule has 0 saturated heterocycles. The lowest BCUT2D eigenvalue weighted by Crippen LogP contribution is -2.23. The molecule has 4 N–H and O–H groups in total. The summed E-state index contributed by atoms with van der Waals surface area (Å²) >= 11 is 0. The van der Waals surface area contributed by atoms with Crippen molar-refractivity contribution in [2.45, 2.75) is 6.54 Å². The van der Waals surface area contributed by atoms with Gasteiger partial charge in [0, 0.05) is 31.3 Å². The molecular weight excluding hydrogens is 346 g/mol. The van der Waals surface area contributed by atoms with E-state index >= 15 is 0 Å². The van der Waals surface area contributed by atoms with Gasteiger partial charge in [0.1, 0.15) is 0 Å². The van der Waals surface area contributed by atoms with Crippen LogP contribution in [0, 0.1) is 0 Å². The van der Waals surface area contributed by atoms with Crippen LogP contribution < -0.4 is 16.4 Å². The zero-order valence-corrected chi connectivity index (χ0v) is 14.1. The van der Waals surface area contributed by atoms with Gasteiger partial charge in [0.15, 0.2) is 11.0 Å². The van der Waals surface area contributed by atoms with Crippen molar-refractivity contribution < 1.29 is 9.42 Å². The second-order valence-electron chi connectivity index (χ2n) is 5.75. The Morgan fingerprint density at radius 2 is 1.85 bits per heavy atom. The molecule has 1 aromatic carbocycles. The molecule has 3 aromatic heterocycles. The molecule has 4 rings (SSSR count). The first-order chi connectivity index (χ1) is 13.2. The summed E-state index contributed by atoms with van der Waals surface area (Å²) in [6.07, 6.45) is 6.47. The zero-order chi connectivity index (χ0) is 18.6. The van der Waals surface area contributed by atoms with Crippen LogP contribution in [0.4, 0.5) is 17.1 Å². The average Bonchev–Trinajstić information content (AvgIpc) is 3.21. The maximum atomic E-state index is 12.6. The first-order valence-electron chi connectivity index (χ1n) is 8.11. The van der Waals surface area contributed by atoms with E-state index in [1.54, 1.807) is 36.8 Å². The van der Waals surface area contributed by atoms with Crippen molar-refractivity contribution in [1.82, 2.24) is 25.6 Å². The van der Waals surface area contributed by atoms with E-state index in [-0.39, 0.29) is 5.91 Å². The summed E-state index contributed by atoms with van der Waals surface area (Å²) in [6.45, 7) is 0.361. The van der Waals surface area contributed by atoms with E-state index in [1.165, 1.54) is 6.20 Å². The molecule has 0 saturated carbocycles. The zero-order valence-electron chi connectivity index (χ0n) is 14.1. The predicted molar refractivity (Wildman–Crippen MR) is 99.1 cm³/mol. The highest BCUT2D eigenvalue weighted by Crippen LogP contribution is 2.29. The summed E-state index contributed by atoms with van der Waals surface area (Å²) in [7, 11) is 0. The molecule has 134 valence electrons. The Morgan fingerprint density at radius 1 is 1.00 bits per heavy atom. The van der Waals surface area contributed by atoms with E-state index in [9.17, 15) is 4.79 Å². The van der Waals surface area contributed by atoms with Gasteiger partial charge in [-0.1, -0.05) is 6.07 Å². The number of carbonyl (C=O) groups excluding carboxylic acids is 1. The van der Waals surface area contributed by atoms with E-state index in [0.29, 0.717) is 40.2 Å². The molecule has 0 atom stereocenters. The number of rotatable bonds is 5. The van der Waals surface area contributed by atoms with Crippen LogP contribution in [0.25, 0.3) is 11.0 Å². The molecule has 9 heteroatoms. The van der Waals surface area contributed by atoms with Gasteiger partial charge in [-0.2, -0.15) is 0 Å². The van der Waals surface area contributed by atoms with E-state index in [0.717, 1.165) is 5.56 Å². The molecule has 1 amide bonds. The Balaban J connectivity index is 1.58. The summed E-state index contributed by atoms with van der Waals surface area (Å²) < 4.78 is 4.77. The molecular formula is C18H15N7O2. The number of hydrogen-bond donors (Lipinski definition) is 3. The fraction of sp³-hybridized carbons (Fsp3) is 0.0556. The highest BCUT2D eigenvalue weighted by molar-refractivity contribution is 6.02. The van der Waals surface area contributed by atoms with Crippen LogP contribution in [0.5, 0.6) is 0 Å². The predicted octanol–water partition coefficient (Wildman–Crippen LogP) is 2.27. The summed E-state index contributed by atoms with van der Waals surface area (Å²) in [6, 6.07) is 8.85. The summed E-state index contributed by atoms with van der Waals surface area (Å²) in [5.74, 6) is -0.264. The highest BCUT2D eigenvalue weighted by atomic mass is 16.6. The lowest BCUT2D eigenvalue weighted by Gasteiger charge is -2.12. The standard InChI is InChI=1S/C18H15N7O2/c19-13-3-4-15(17-16(13)24-27-25-17)23-14-5-7-21-10-12(14)18(26)22-9-11-2-1-6-20-8-11/h1-8,10H,9,19H2,(H,21,23)(H,22,26). The van der Waals surface area contributed by atoms with Crippen molar-refractivity contribution in [3.63, 3.8) is 0 Å². The Hall–Kier alpha value is -4.01. The molecule has 0 radical (unpaired) electrons. The number of nitrogen functional groups attached to an aromatic ring is 1. The van der Waals surface area contributed by atoms with Crippen LogP contribution >= 0.6 is 0 Å². The number of fused-ring (bicyclic) bond motifs is 1. The van der Waals surface area contributed by atoms with Gasteiger partial charge in [-0.05, 0) is 40.1 Å². The van der Waals surface area contributed by atoms with Crippen molar-refractivity contribution in [1.29, 1.82) is 0 Å². The van der Waals surface area contributed by atoms with Gasteiger partial charge in [-0.3, -0.25) is 14.8 Å². The van der Waals surface area contributed by atoms with Crippen LogP contribution in [-0.4, -0.2) is 26.2 Å². The minimum Gasteiger partial charge on any atom is -0.397 e. The number of benzene rings is 1. The Kier molecular flexibility index (Phi) is 4.32. The number of anilines is 3. The third kappa shape index (κ3) is 3.38. The molecule has 0 aliphatic heterocycles. The molecule has 0 aliphatic rings. The minimum atomic E-state index is -0.264. The maximum absolute atomic E-state index is 12.6. The van der Waals surface area contributed by atoms with Crippen LogP contribution in [0.1, 0.15) is 15.9 Å². The SMILES string of the molecule is Nc1ccc(Nc2ccncc2C(=O)NCc2cccnc2)c2nonc12. The fourth-order valence-electron chi connectivity index (χ4n) is 2.60. The Bertz CT molecular complexity index is 1100. The van der Waals surface area contributed by atoms with Crippen molar-refractivity contribution in [3.8, 4) is 0 Å². The molecule has 27 heavy (non-hydrogen) atoms. The number of carbonyl (C=O) groups is 1. The Morgan fingerprint density at radius 3 is 2.70 bits per heavy atom. The van der Waals surface area contributed by atoms with Gasteiger partial charge in [0.2, 0.25) is 0 Å². The molecule has 0 spiro atoms. The Labute approximate surface area is 153 Å². The molecule has 0 fully saturated rings. The summed E-state index contributed by atoms with van der Waals surface area (Å²) in [4.78, 5) is 20.7. The van der Waals surface area contributed by atoms with Gasteiger partial charge < -0.3 is 16.4 Å². The van der Waals surface area contributed by atoms with Crippen molar-refractivity contribution in [2.75, 3.05) is 11.1 Å². The molecule has 0 unspecified atom stereocenters. The van der Waals surface area contributed by atoms with Gasteiger partial charge in [-0.25, -0.2) is 4.63 Å². The van der Waals surface area contributed by atoms with Crippen molar-refractivity contribution in [3.05, 3.63) is 66.2 Å². The van der Waals surface area contributed by atoms with E-state index < -0.39 is 0 Å². The van der Waals surface area contributed by atoms with Crippen LogP contribution in [0.3, 0.4) is 0 Å². The van der Waals surface area contributed by atoms with E-state index in [2.05, 4.69) is 30.9 Å². The van der Waals surface area contributed by atoms with Crippen LogP contribution in [0.2, 0.25) is 0 Å². The number of nitrogens with one attached hydrogen (secondary N) is 2. The largest absolute Gasteiger partial charge is 0.397 e. The first kappa shape index (κ1) is 16.5. The molecule has 0 aliphatic carbocycles. The topological polar surface area (TPSA) is 132 Å². The molecule has 3 heterocycles. The first-order valence-corrected chi connectivity index (χ1v) is 8.11. The average molecular weight is 361 g/mol. The number of hydrogen-bond acceptors (Lipinski definition) is 8. The molecule has 9 nitrogen and oxygen atoms in total. The second-order valence-corrected chi connectivity index (χ2v) is 5.75. The smallest absolute Gasteiger partial charge is 0.255 e. The fourth-order valence-corrected chi connectivity index (χ4v) is 2.60. The third-order valence-electron chi connectivity index (χ3n) is 3.96. The molecule has 0 bridgehead atoms. The third-order valence-corrected chi connectivity index (χ3v) is 3.96. The number of nitrogens with zero attached hydrogens (tertiary/aromatic N) is 4. The number of aromatic nitrogens is 4. The lowest BCUT2D eigenvalue weighted by molar-refractivity contribution is 0.0951. The summed E-state index contributed by atoms with van der Waals surface area (Å²) in [5.41, 5.74) is 9.74. The molecule has 4 aromatic rings. The van der Waals surface area contributed by atoms with Crippen molar-refractivity contribution >= 4 is 34.0 Å². The maximum Gasteiger partial charge on any atom is 0.255 e. The number of pyridine rings is 2. The van der Waals surface area contributed by atoms with E-state index in [1.807, 2.05) is 12.1 Å². The highest BCUT2D eigenvalue weighted by Gasteiger charge is 2.15. The number of nitrogens with two attached hydrogens (primary N) is 1. The van der Waals surface area contributed by atoms with E-state index in [4.69, 9.17) is 10.4 Å². The minimum absolute atomic E-state index is 0.264. The quantitative estimate of drug-likeness (QED) is 0.461. The van der Waals surface area contributed by atoms with Gasteiger partial charge >= 0.3 is 0 Å². The number of amides is 1. The van der Waals surface area contributed by atoms with Gasteiger partial charge in [-0.15, -0.1) is 0 Å². The lowest BCUT2D eigenvalue weighted by atomic mass is 10.2. The second kappa shape index (κ2) is 7.08. The van der Waals surface area contributed by atoms with Crippen LogP contribution in [0.15, 0.2) is 59.7 Å². The summed E-state index contributed by atoms with van der Waals surface area (Å²) in [5, 5.41) is 13.7. The monoisotopic (exact) mass is 361 g/mol. The van der Waals surface area contributed by atoms with Crippen molar-refractivity contribution in [2.24, 2.45) is 0 Å². The van der Waals surface area contributed by atoms with Crippen LogP contribution in [-0.2, 0) is 6.54 Å².